The monoisotopic (exact) mass is 330 g/mol. The molecule has 1 aliphatic carbocycles. The summed E-state index contributed by atoms with van der Waals surface area (Å²) >= 11 is 0. The van der Waals surface area contributed by atoms with E-state index in [0.717, 1.165) is 43.3 Å². The van der Waals surface area contributed by atoms with Crippen LogP contribution < -0.4 is 4.74 Å². The molecular formula is C20H30N2O2. The van der Waals surface area contributed by atoms with E-state index in [2.05, 4.69) is 18.8 Å². The lowest BCUT2D eigenvalue weighted by Gasteiger charge is -2.32. The van der Waals surface area contributed by atoms with Gasteiger partial charge in [-0.2, -0.15) is 0 Å². The van der Waals surface area contributed by atoms with Crippen LogP contribution in [0.4, 0.5) is 0 Å². The molecule has 1 amide bonds. The zero-order chi connectivity index (χ0) is 17.1. The summed E-state index contributed by atoms with van der Waals surface area (Å²) in [5, 5.41) is 0. The first-order valence-electron chi connectivity index (χ1n) is 9.42. The van der Waals surface area contributed by atoms with Crippen LogP contribution in [0, 0.1) is 24.7 Å². The number of amides is 1. The van der Waals surface area contributed by atoms with Gasteiger partial charge in [0.05, 0.1) is 6.54 Å². The molecule has 2 aliphatic rings. The molecule has 1 atom stereocenters. The molecule has 4 nitrogen and oxygen atoms in total. The quantitative estimate of drug-likeness (QED) is 0.842. The van der Waals surface area contributed by atoms with Gasteiger partial charge in [0.15, 0.2) is 0 Å². The van der Waals surface area contributed by atoms with Gasteiger partial charge in [-0.25, -0.2) is 4.98 Å². The van der Waals surface area contributed by atoms with Crippen molar-refractivity contribution in [2.45, 2.75) is 59.0 Å². The number of nitrogens with zero attached hydrogens (tertiary/aromatic N) is 2. The van der Waals surface area contributed by atoms with E-state index >= 15 is 0 Å². The summed E-state index contributed by atoms with van der Waals surface area (Å²) in [7, 11) is 0. The van der Waals surface area contributed by atoms with Gasteiger partial charge in [-0.1, -0.05) is 19.9 Å². The highest BCUT2D eigenvalue weighted by molar-refractivity contribution is 5.79. The Bertz CT molecular complexity index is 565. The standard InChI is InChI=1S/C20H30N2O2/c1-14(2)16-7-9-17(10-8-16)20(23)22-12-11-18(13-22)24-19-6-4-5-15(3)21-19/h4-6,14,16-18H,7-13H2,1-3H3. The van der Waals surface area contributed by atoms with E-state index < -0.39 is 0 Å². The number of likely N-dealkylation sites (tertiary alicyclic amines) is 1. The number of hydrogen-bond acceptors (Lipinski definition) is 3. The van der Waals surface area contributed by atoms with Crippen LogP contribution in [0.15, 0.2) is 18.2 Å². The lowest BCUT2D eigenvalue weighted by Crippen LogP contribution is -2.37. The second-order valence-corrected chi connectivity index (χ2v) is 7.79. The summed E-state index contributed by atoms with van der Waals surface area (Å²) in [6, 6.07) is 5.82. The average molecular weight is 330 g/mol. The van der Waals surface area contributed by atoms with Gasteiger partial charge in [0.1, 0.15) is 6.10 Å². The highest BCUT2D eigenvalue weighted by Gasteiger charge is 2.34. The number of ether oxygens (including phenoxy) is 1. The molecule has 0 aromatic carbocycles. The third kappa shape index (κ3) is 4.08. The minimum Gasteiger partial charge on any atom is -0.472 e. The fraction of sp³-hybridized carbons (Fsp3) is 0.700. The first-order valence-corrected chi connectivity index (χ1v) is 9.42. The summed E-state index contributed by atoms with van der Waals surface area (Å²) in [5.74, 6) is 2.80. The predicted octanol–water partition coefficient (Wildman–Crippen LogP) is 3.83. The van der Waals surface area contributed by atoms with Gasteiger partial charge in [-0.15, -0.1) is 0 Å². The van der Waals surface area contributed by atoms with Crippen molar-refractivity contribution in [1.82, 2.24) is 9.88 Å². The predicted molar refractivity (Wildman–Crippen MR) is 94.9 cm³/mol. The minimum absolute atomic E-state index is 0.0789. The number of aryl methyl sites for hydroxylation is 1. The number of hydrogen-bond donors (Lipinski definition) is 0. The first-order chi connectivity index (χ1) is 11.5. The molecule has 1 aromatic rings. The molecule has 2 fully saturated rings. The molecule has 2 heterocycles. The third-order valence-electron chi connectivity index (χ3n) is 5.67. The van der Waals surface area contributed by atoms with Crippen molar-refractivity contribution in [3.8, 4) is 5.88 Å². The van der Waals surface area contributed by atoms with Crippen molar-refractivity contribution in [3.05, 3.63) is 23.9 Å². The summed E-state index contributed by atoms with van der Waals surface area (Å²) in [6.07, 6.45) is 5.51. The lowest BCUT2D eigenvalue weighted by atomic mass is 9.76. The maximum absolute atomic E-state index is 12.8. The molecule has 1 unspecified atom stereocenters. The van der Waals surface area contributed by atoms with E-state index in [1.807, 2.05) is 30.0 Å². The molecule has 4 heteroatoms. The molecule has 1 aliphatic heterocycles. The number of pyridine rings is 1. The van der Waals surface area contributed by atoms with E-state index in [1.165, 1.54) is 12.8 Å². The van der Waals surface area contributed by atoms with E-state index in [1.54, 1.807) is 0 Å². The fourth-order valence-electron chi connectivity index (χ4n) is 4.07. The van der Waals surface area contributed by atoms with Crippen molar-refractivity contribution in [2.75, 3.05) is 13.1 Å². The molecule has 1 aromatic heterocycles. The highest BCUT2D eigenvalue weighted by Crippen LogP contribution is 2.34. The van der Waals surface area contributed by atoms with Crippen molar-refractivity contribution in [2.24, 2.45) is 17.8 Å². The Morgan fingerprint density at radius 1 is 1.21 bits per heavy atom. The second kappa shape index (κ2) is 7.54. The van der Waals surface area contributed by atoms with Gasteiger partial charge in [-0.05, 0) is 50.5 Å². The summed E-state index contributed by atoms with van der Waals surface area (Å²) in [6.45, 7) is 8.09. The zero-order valence-corrected chi connectivity index (χ0v) is 15.2. The zero-order valence-electron chi connectivity index (χ0n) is 15.2. The Morgan fingerprint density at radius 2 is 1.96 bits per heavy atom. The number of carbonyl (C=O) groups is 1. The van der Waals surface area contributed by atoms with Crippen LogP contribution in [0.3, 0.4) is 0 Å². The van der Waals surface area contributed by atoms with Gasteiger partial charge < -0.3 is 9.64 Å². The number of carbonyl (C=O) groups excluding carboxylic acids is 1. The molecule has 0 spiro atoms. The van der Waals surface area contributed by atoms with E-state index in [4.69, 9.17) is 4.74 Å². The number of aromatic nitrogens is 1. The fourth-order valence-corrected chi connectivity index (χ4v) is 4.07. The van der Waals surface area contributed by atoms with Crippen molar-refractivity contribution >= 4 is 5.91 Å². The first kappa shape index (κ1) is 17.2. The Balaban J connectivity index is 1.49. The summed E-state index contributed by atoms with van der Waals surface area (Å²) < 4.78 is 5.97. The lowest BCUT2D eigenvalue weighted by molar-refractivity contribution is -0.136. The maximum Gasteiger partial charge on any atom is 0.225 e. The van der Waals surface area contributed by atoms with E-state index in [9.17, 15) is 4.79 Å². The van der Waals surface area contributed by atoms with Crippen molar-refractivity contribution in [3.63, 3.8) is 0 Å². The SMILES string of the molecule is Cc1cccc(OC2CCN(C(=O)C3CCC(C(C)C)CC3)C2)n1. The second-order valence-electron chi connectivity index (χ2n) is 7.79. The van der Waals surface area contributed by atoms with Crippen LogP contribution in [0.25, 0.3) is 0 Å². The minimum atomic E-state index is 0.0789. The number of rotatable bonds is 4. The van der Waals surface area contributed by atoms with Crippen LogP contribution in [0.5, 0.6) is 5.88 Å². The topological polar surface area (TPSA) is 42.4 Å². The van der Waals surface area contributed by atoms with Crippen LogP contribution in [-0.2, 0) is 4.79 Å². The molecular weight excluding hydrogens is 300 g/mol. The Labute approximate surface area is 145 Å². The van der Waals surface area contributed by atoms with Gasteiger partial charge in [-0.3, -0.25) is 4.79 Å². The Hall–Kier alpha value is -1.58. The molecule has 1 saturated carbocycles. The van der Waals surface area contributed by atoms with E-state index in [-0.39, 0.29) is 12.0 Å². The normalized spacial score (nSPS) is 27.5. The van der Waals surface area contributed by atoms with Gasteiger partial charge in [0, 0.05) is 30.6 Å². The highest BCUT2D eigenvalue weighted by atomic mass is 16.5. The van der Waals surface area contributed by atoms with Gasteiger partial charge in [0.2, 0.25) is 11.8 Å². The molecule has 24 heavy (non-hydrogen) atoms. The molecule has 1 saturated heterocycles. The smallest absolute Gasteiger partial charge is 0.225 e. The summed E-state index contributed by atoms with van der Waals surface area (Å²) in [5.41, 5.74) is 0.959. The van der Waals surface area contributed by atoms with Crippen LogP contribution in [0.1, 0.15) is 51.6 Å². The van der Waals surface area contributed by atoms with Crippen LogP contribution in [-0.4, -0.2) is 35.0 Å². The summed E-state index contributed by atoms with van der Waals surface area (Å²) in [4.78, 5) is 19.2. The largest absolute Gasteiger partial charge is 0.472 e. The van der Waals surface area contributed by atoms with Crippen molar-refractivity contribution < 1.29 is 9.53 Å². The molecule has 0 radical (unpaired) electrons. The molecule has 0 bridgehead atoms. The van der Waals surface area contributed by atoms with E-state index in [0.29, 0.717) is 18.3 Å². The van der Waals surface area contributed by atoms with Crippen molar-refractivity contribution in [1.29, 1.82) is 0 Å². The molecule has 132 valence electrons. The Morgan fingerprint density at radius 3 is 2.62 bits per heavy atom. The van der Waals surface area contributed by atoms with Crippen LogP contribution >= 0.6 is 0 Å². The van der Waals surface area contributed by atoms with Crippen LogP contribution in [0.2, 0.25) is 0 Å². The van der Waals surface area contributed by atoms with Gasteiger partial charge >= 0.3 is 0 Å². The third-order valence-corrected chi connectivity index (χ3v) is 5.67. The molecule has 3 rings (SSSR count). The van der Waals surface area contributed by atoms with Gasteiger partial charge in [0.25, 0.3) is 0 Å². The molecule has 0 N–H and O–H groups in total. The average Bonchev–Trinajstić information content (AvgIpc) is 3.02. The maximum atomic E-state index is 12.8. The Kier molecular flexibility index (Phi) is 5.42.